The molecule has 2 rings (SSSR count). The summed E-state index contributed by atoms with van der Waals surface area (Å²) in [5.41, 5.74) is -0.137. The fourth-order valence-electron chi connectivity index (χ4n) is 1.94. The number of benzene rings is 1. The molecule has 1 aliphatic heterocycles. The Kier molecular flexibility index (Phi) is 2.90. The third kappa shape index (κ3) is 1.98. The van der Waals surface area contributed by atoms with Crippen molar-refractivity contribution >= 4 is 17.3 Å². The van der Waals surface area contributed by atoms with E-state index in [1.165, 1.54) is 17.0 Å². The van der Waals surface area contributed by atoms with Crippen LogP contribution < -0.4 is 4.90 Å². The number of phenolic OH excluding ortho intramolecular Hbond substituents is 1. The number of phenols is 1. The van der Waals surface area contributed by atoms with Crippen LogP contribution in [0.2, 0.25) is 0 Å². The van der Waals surface area contributed by atoms with Crippen LogP contribution in [0.5, 0.6) is 5.75 Å². The zero-order valence-electron chi connectivity index (χ0n) is 9.37. The predicted molar refractivity (Wildman–Crippen MR) is 64.1 cm³/mol. The van der Waals surface area contributed by atoms with E-state index in [0.717, 1.165) is 6.07 Å². The summed E-state index contributed by atoms with van der Waals surface area (Å²) < 4.78 is 0. The standard InChI is InChI=1S/C12H10N2O4/c1-2-8-5-12(16)13(7-8)10-4-3-9(15)6-11(10)14(17)18/h1,3-4,6,8,15H,5,7H2. The Morgan fingerprint density at radius 3 is 2.83 bits per heavy atom. The van der Waals surface area contributed by atoms with Crippen LogP contribution in [0.25, 0.3) is 0 Å². The van der Waals surface area contributed by atoms with Gasteiger partial charge < -0.3 is 10.0 Å². The molecule has 1 saturated heterocycles. The van der Waals surface area contributed by atoms with Crippen LogP contribution in [0.15, 0.2) is 18.2 Å². The minimum absolute atomic E-state index is 0.167. The van der Waals surface area contributed by atoms with Gasteiger partial charge in [-0.1, -0.05) is 0 Å². The Hall–Kier alpha value is -2.55. The van der Waals surface area contributed by atoms with Crippen molar-refractivity contribution < 1.29 is 14.8 Å². The number of carbonyl (C=O) groups excluding carboxylic acids is 1. The van der Waals surface area contributed by atoms with Crippen molar-refractivity contribution in [2.24, 2.45) is 5.92 Å². The molecule has 0 bridgehead atoms. The van der Waals surface area contributed by atoms with Crippen LogP contribution in [0.4, 0.5) is 11.4 Å². The normalized spacial score (nSPS) is 18.7. The zero-order chi connectivity index (χ0) is 13.3. The number of nitro benzene ring substituents is 1. The highest BCUT2D eigenvalue weighted by atomic mass is 16.6. The number of hydrogen-bond donors (Lipinski definition) is 1. The molecule has 1 N–H and O–H groups in total. The summed E-state index contributed by atoms with van der Waals surface area (Å²) in [5, 5.41) is 20.2. The van der Waals surface area contributed by atoms with Gasteiger partial charge in [-0.15, -0.1) is 12.3 Å². The second-order valence-electron chi connectivity index (χ2n) is 4.00. The molecule has 6 heteroatoms. The maximum Gasteiger partial charge on any atom is 0.296 e. The van der Waals surface area contributed by atoms with Gasteiger partial charge in [0.2, 0.25) is 5.91 Å². The second kappa shape index (κ2) is 4.37. The molecule has 1 aromatic carbocycles. The zero-order valence-corrected chi connectivity index (χ0v) is 9.37. The minimum atomic E-state index is -0.633. The molecule has 0 spiro atoms. The molecule has 0 saturated carbocycles. The summed E-state index contributed by atoms with van der Waals surface area (Å²) in [5.74, 6) is 1.78. The molecule has 1 aliphatic rings. The van der Waals surface area contributed by atoms with Gasteiger partial charge in [-0.05, 0) is 12.1 Å². The summed E-state index contributed by atoms with van der Waals surface area (Å²) in [6, 6.07) is 3.68. The maximum absolute atomic E-state index is 11.7. The van der Waals surface area contributed by atoms with E-state index >= 15 is 0 Å². The van der Waals surface area contributed by atoms with E-state index < -0.39 is 4.92 Å². The Morgan fingerprint density at radius 2 is 2.28 bits per heavy atom. The number of terminal acetylenes is 1. The third-order valence-electron chi connectivity index (χ3n) is 2.81. The van der Waals surface area contributed by atoms with Crippen molar-refractivity contribution in [1.82, 2.24) is 0 Å². The first-order valence-corrected chi connectivity index (χ1v) is 5.27. The van der Waals surface area contributed by atoms with Crippen molar-refractivity contribution in [3.63, 3.8) is 0 Å². The van der Waals surface area contributed by atoms with E-state index in [0.29, 0.717) is 0 Å². The fraction of sp³-hybridized carbons (Fsp3) is 0.250. The van der Waals surface area contributed by atoms with Gasteiger partial charge in [0.05, 0.1) is 11.0 Å². The van der Waals surface area contributed by atoms with Gasteiger partial charge in [-0.25, -0.2) is 0 Å². The minimum Gasteiger partial charge on any atom is -0.508 e. The fourth-order valence-corrected chi connectivity index (χ4v) is 1.94. The van der Waals surface area contributed by atoms with Crippen molar-refractivity contribution in [3.05, 3.63) is 28.3 Å². The second-order valence-corrected chi connectivity index (χ2v) is 4.00. The molecular weight excluding hydrogens is 236 g/mol. The summed E-state index contributed by atoms with van der Waals surface area (Å²) in [6.07, 6.45) is 5.44. The first-order valence-electron chi connectivity index (χ1n) is 5.27. The maximum atomic E-state index is 11.7. The van der Waals surface area contributed by atoms with Crippen LogP contribution in [-0.2, 0) is 4.79 Å². The lowest BCUT2D eigenvalue weighted by Gasteiger charge is -2.15. The van der Waals surface area contributed by atoms with Crippen molar-refractivity contribution in [2.75, 3.05) is 11.4 Å². The molecular formula is C12H10N2O4. The molecule has 0 aromatic heterocycles. The van der Waals surface area contributed by atoms with Gasteiger partial charge in [-0.3, -0.25) is 14.9 Å². The largest absolute Gasteiger partial charge is 0.508 e. The molecule has 0 aliphatic carbocycles. The van der Waals surface area contributed by atoms with Crippen LogP contribution in [0.3, 0.4) is 0 Å². The molecule has 0 radical (unpaired) electrons. The van der Waals surface area contributed by atoms with E-state index in [1.807, 2.05) is 0 Å². The number of rotatable bonds is 2. The van der Waals surface area contributed by atoms with Crippen LogP contribution in [0.1, 0.15) is 6.42 Å². The van der Waals surface area contributed by atoms with E-state index in [9.17, 15) is 20.0 Å². The predicted octanol–water partition coefficient (Wildman–Crippen LogP) is 1.29. The lowest BCUT2D eigenvalue weighted by Crippen LogP contribution is -2.25. The summed E-state index contributed by atoms with van der Waals surface area (Å²) in [7, 11) is 0. The first kappa shape index (κ1) is 11.9. The van der Waals surface area contributed by atoms with Gasteiger partial charge in [0.25, 0.3) is 5.69 Å². The Morgan fingerprint density at radius 1 is 1.56 bits per heavy atom. The number of carbonyl (C=O) groups is 1. The average Bonchev–Trinajstić information content (AvgIpc) is 2.70. The smallest absolute Gasteiger partial charge is 0.296 e. The highest BCUT2D eigenvalue weighted by Gasteiger charge is 2.33. The molecule has 18 heavy (non-hydrogen) atoms. The average molecular weight is 246 g/mol. The molecule has 1 fully saturated rings. The van der Waals surface area contributed by atoms with E-state index in [4.69, 9.17) is 6.42 Å². The first-order chi connectivity index (χ1) is 8.52. The third-order valence-corrected chi connectivity index (χ3v) is 2.81. The Labute approximate surface area is 103 Å². The molecule has 92 valence electrons. The quantitative estimate of drug-likeness (QED) is 0.484. The lowest BCUT2D eigenvalue weighted by molar-refractivity contribution is -0.384. The van der Waals surface area contributed by atoms with Gasteiger partial charge in [0, 0.05) is 18.9 Å². The lowest BCUT2D eigenvalue weighted by atomic mass is 10.1. The number of hydrogen-bond acceptors (Lipinski definition) is 4. The summed E-state index contributed by atoms with van der Waals surface area (Å²) in [4.78, 5) is 23.3. The van der Waals surface area contributed by atoms with Gasteiger partial charge in [0.1, 0.15) is 11.4 Å². The molecule has 1 amide bonds. The Bertz CT molecular complexity index is 562. The molecule has 6 nitrogen and oxygen atoms in total. The highest BCUT2D eigenvalue weighted by molar-refractivity contribution is 5.98. The number of amides is 1. The number of anilines is 1. The summed E-state index contributed by atoms with van der Waals surface area (Å²) >= 11 is 0. The molecule has 1 heterocycles. The number of nitrogens with zero attached hydrogens (tertiary/aromatic N) is 2. The van der Waals surface area contributed by atoms with Gasteiger partial charge in [-0.2, -0.15) is 0 Å². The van der Waals surface area contributed by atoms with Crippen molar-refractivity contribution in [1.29, 1.82) is 0 Å². The Balaban J connectivity index is 2.43. The van der Waals surface area contributed by atoms with Crippen LogP contribution in [-0.4, -0.2) is 22.5 Å². The van der Waals surface area contributed by atoms with Crippen molar-refractivity contribution in [3.8, 4) is 18.1 Å². The van der Waals surface area contributed by atoms with E-state index in [1.54, 1.807) is 0 Å². The van der Waals surface area contributed by atoms with E-state index in [-0.39, 0.29) is 41.9 Å². The molecule has 1 aromatic rings. The van der Waals surface area contributed by atoms with E-state index in [2.05, 4.69) is 5.92 Å². The van der Waals surface area contributed by atoms with Gasteiger partial charge >= 0.3 is 0 Å². The summed E-state index contributed by atoms with van der Waals surface area (Å²) in [6.45, 7) is 0.265. The monoisotopic (exact) mass is 246 g/mol. The topological polar surface area (TPSA) is 83.7 Å². The highest BCUT2D eigenvalue weighted by Crippen LogP contribution is 2.34. The number of nitro groups is 1. The molecule has 1 atom stereocenters. The van der Waals surface area contributed by atoms with Crippen LogP contribution >= 0.6 is 0 Å². The number of aromatic hydroxyl groups is 1. The molecule has 1 unspecified atom stereocenters. The SMILES string of the molecule is C#CC1CC(=O)N(c2ccc(O)cc2[N+](=O)[O-])C1. The van der Waals surface area contributed by atoms with Crippen molar-refractivity contribution in [2.45, 2.75) is 6.42 Å². The van der Waals surface area contributed by atoms with Gasteiger partial charge in [0.15, 0.2) is 0 Å². The van der Waals surface area contributed by atoms with Crippen LogP contribution in [0, 0.1) is 28.4 Å².